The lowest BCUT2D eigenvalue weighted by Gasteiger charge is -2.27. The summed E-state index contributed by atoms with van der Waals surface area (Å²) in [5.41, 5.74) is 2.53. The molecule has 6 heteroatoms. The number of hydrogen-bond acceptors (Lipinski definition) is 4. The highest BCUT2D eigenvalue weighted by molar-refractivity contribution is 6.51. The lowest BCUT2D eigenvalue weighted by molar-refractivity contribution is -0.132. The number of Topliss-reactive ketones (excluding diaryl/α,β-unsaturated/α-hetero) is 1. The molecule has 1 saturated heterocycles. The van der Waals surface area contributed by atoms with E-state index < -0.39 is 23.5 Å². The van der Waals surface area contributed by atoms with Gasteiger partial charge in [-0.1, -0.05) is 30.3 Å². The molecule has 1 atom stereocenters. The molecule has 0 bridgehead atoms. The van der Waals surface area contributed by atoms with Gasteiger partial charge in [-0.2, -0.15) is 0 Å². The van der Waals surface area contributed by atoms with Gasteiger partial charge in [0.05, 0.1) is 18.2 Å². The molecule has 1 fully saturated rings. The lowest BCUT2D eigenvalue weighted by Crippen LogP contribution is -2.30. The van der Waals surface area contributed by atoms with Crippen LogP contribution in [-0.2, 0) is 9.59 Å². The summed E-state index contributed by atoms with van der Waals surface area (Å²) in [6, 6.07) is 17.6. The van der Waals surface area contributed by atoms with Gasteiger partial charge >= 0.3 is 0 Å². The number of hydrogen-bond donors (Lipinski definition) is 1. The van der Waals surface area contributed by atoms with Crippen LogP contribution in [0.25, 0.3) is 5.76 Å². The molecule has 4 rings (SSSR count). The second-order valence-electron chi connectivity index (χ2n) is 7.93. The van der Waals surface area contributed by atoms with Crippen molar-refractivity contribution >= 4 is 23.1 Å². The van der Waals surface area contributed by atoms with Gasteiger partial charge in [0.1, 0.15) is 17.3 Å². The number of ketones is 1. The van der Waals surface area contributed by atoms with Crippen LogP contribution in [0.3, 0.4) is 0 Å². The van der Waals surface area contributed by atoms with Crippen molar-refractivity contribution in [2.24, 2.45) is 0 Å². The predicted octanol–water partition coefficient (Wildman–Crippen LogP) is 5.47. The Morgan fingerprint density at radius 3 is 2.45 bits per heavy atom. The first-order valence-corrected chi connectivity index (χ1v) is 10.7. The van der Waals surface area contributed by atoms with E-state index in [0.29, 0.717) is 29.2 Å². The Hall–Kier alpha value is -3.93. The molecule has 0 spiro atoms. The van der Waals surface area contributed by atoms with Crippen LogP contribution in [0.4, 0.5) is 10.1 Å². The van der Waals surface area contributed by atoms with Crippen molar-refractivity contribution in [3.05, 3.63) is 100 Å². The Morgan fingerprint density at radius 1 is 1.00 bits per heavy atom. The normalized spacial score (nSPS) is 17.5. The third-order valence-electron chi connectivity index (χ3n) is 5.74. The SMILES string of the molecule is CCOc1cccc(C2/C(=C(/O)c3ccc(F)c(C)c3)C(=O)C(=O)N2c2ccccc2C)c1. The maximum Gasteiger partial charge on any atom is 0.300 e. The minimum atomic E-state index is -0.878. The molecule has 1 heterocycles. The van der Waals surface area contributed by atoms with Crippen molar-refractivity contribution in [2.75, 3.05) is 11.5 Å². The van der Waals surface area contributed by atoms with E-state index in [2.05, 4.69) is 0 Å². The van der Waals surface area contributed by atoms with E-state index in [9.17, 15) is 19.1 Å². The molecule has 0 aliphatic carbocycles. The Kier molecular flexibility index (Phi) is 6.01. The second kappa shape index (κ2) is 8.90. The second-order valence-corrected chi connectivity index (χ2v) is 7.93. The van der Waals surface area contributed by atoms with E-state index in [0.717, 1.165) is 5.56 Å². The first-order chi connectivity index (χ1) is 15.8. The number of carbonyl (C=O) groups excluding carboxylic acids is 2. The highest BCUT2D eigenvalue weighted by atomic mass is 19.1. The number of halogens is 1. The number of anilines is 1. The molecule has 5 nitrogen and oxygen atoms in total. The molecule has 3 aromatic carbocycles. The Balaban J connectivity index is 1.97. The van der Waals surface area contributed by atoms with Gasteiger partial charge in [-0.25, -0.2) is 4.39 Å². The van der Waals surface area contributed by atoms with Crippen molar-refractivity contribution in [3.8, 4) is 5.75 Å². The van der Waals surface area contributed by atoms with Gasteiger partial charge in [0.25, 0.3) is 11.7 Å². The first kappa shape index (κ1) is 22.3. The van der Waals surface area contributed by atoms with Gasteiger partial charge in [-0.05, 0) is 73.9 Å². The van der Waals surface area contributed by atoms with Gasteiger partial charge in [-0.15, -0.1) is 0 Å². The van der Waals surface area contributed by atoms with E-state index in [1.807, 2.05) is 26.0 Å². The largest absolute Gasteiger partial charge is 0.507 e. The molecule has 3 aromatic rings. The molecule has 1 unspecified atom stereocenters. The van der Waals surface area contributed by atoms with Crippen LogP contribution in [0.2, 0.25) is 0 Å². The quantitative estimate of drug-likeness (QED) is 0.321. The van der Waals surface area contributed by atoms with Gasteiger partial charge in [-0.3, -0.25) is 14.5 Å². The Morgan fingerprint density at radius 2 is 1.76 bits per heavy atom. The zero-order valence-electron chi connectivity index (χ0n) is 18.6. The summed E-state index contributed by atoms with van der Waals surface area (Å²) in [7, 11) is 0. The Bertz CT molecular complexity index is 1280. The number of aryl methyl sites for hydroxylation is 2. The topological polar surface area (TPSA) is 66.8 Å². The van der Waals surface area contributed by atoms with E-state index in [1.165, 1.54) is 23.1 Å². The monoisotopic (exact) mass is 445 g/mol. The molecule has 0 saturated carbocycles. The predicted molar refractivity (Wildman–Crippen MR) is 125 cm³/mol. The number of amides is 1. The van der Waals surface area contributed by atoms with Crippen molar-refractivity contribution in [1.29, 1.82) is 0 Å². The number of benzene rings is 3. The summed E-state index contributed by atoms with van der Waals surface area (Å²) in [5.74, 6) is -1.73. The highest BCUT2D eigenvalue weighted by Crippen LogP contribution is 2.43. The molecule has 1 amide bonds. The Labute approximate surface area is 191 Å². The molecular formula is C27H24FNO4. The van der Waals surface area contributed by atoms with Crippen LogP contribution < -0.4 is 9.64 Å². The summed E-state index contributed by atoms with van der Waals surface area (Å²) < 4.78 is 19.4. The molecule has 1 N–H and O–H groups in total. The maximum absolute atomic E-state index is 13.8. The van der Waals surface area contributed by atoms with Crippen LogP contribution >= 0.6 is 0 Å². The molecule has 0 aromatic heterocycles. The van der Waals surface area contributed by atoms with Crippen LogP contribution in [0.5, 0.6) is 5.75 Å². The number of para-hydroxylation sites is 1. The van der Waals surface area contributed by atoms with E-state index in [4.69, 9.17) is 4.74 Å². The fraction of sp³-hybridized carbons (Fsp3) is 0.185. The minimum Gasteiger partial charge on any atom is -0.507 e. The molecule has 168 valence electrons. The highest BCUT2D eigenvalue weighted by Gasteiger charge is 2.47. The molecule has 0 radical (unpaired) electrons. The third kappa shape index (κ3) is 4.00. The molecular weight excluding hydrogens is 421 g/mol. The summed E-state index contributed by atoms with van der Waals surface area (Å²) in [6.07, 6.45) is 0. The van der Waals surface area contributed by atoms with E-state index >= 15 is 0 Å². The van der Waals surface area contributed by atoms with Gasteiger partial charge in [0, 0.05) is 11.3 Å². The average Bonchev–Trinajstić information content (AvgIpc) is 3.06. The summed E-state index contributed by atoms with van der Waals surface area (Å²) in [5, 5.41) is 11.2. The zero-order valence-corrected chi connectivity index (χ0v) is 18.6. The standard InChI is InChI=1S/C27H24FNO4/c1-4-33-20-10-7-9-18(15-20)24-23(25(30)19-12-13-21(28)17(3)14-19)26(31)27(32)29(24)22-11-6-5-8-16(22)2/h5-15,24,30H,4H2,1-3H3/b25-23-. The summed E-state index contributed by atoms with van der Waals surface area (Å²) in [6.45, 7) is 5.74. The smallest absolute Gasteiger partial charge is 0.300 e. The van der Waals surface area contributed by atoms with Gasteiger partial charge in [0.2, 0.25) is 0 Å². The van der Waals surface area contributed by atoms with Crippen LogP contribution in [0.15, 0.2) is 72.3 Å². The van der Waals surface area contributed by atoms with Crippen molar-refractivity contribution in [1.82, 2.24) is 0 Å². The fourth-order valence-corrected chi connectivity index (χ4v) is 4.12. The number of aliphatic hydroxyl groups excluding tert-OH is 1. The number of carbonyl (C=O) groups is 2. The number of rotatable bonds is 5. The fourth-order valence-electron chi connectivity index (χ4n) is 4.12. The molecule has 1 aliphatic heterocycles. The first-order valence-electron chi connectivity index (χ1n) is 10.7. The minimum absolute atomic E-state index is 0.0529. The third-order valence-corrected chi connectivity index (χ3v) is 5.74. The average molecular weight is 445 g/mol. The summed E-state index contributed by atoms with van der Waals surface area (Å²) >= 11 is 0. The lowest BCUT2D eigenvalue weighted by atomic mass is 9.94. The van der Waals surface area contributed by atoms with Crippen LogP contribution in [-0.4, -0.2) is 23.4 Å². The van der Waals surface area contributed by atoms with Gasteiger partial charge < -0.3 is 9.84 Å². The van der Waals surface area contributed by atoms with E-state index in [-0.39, 0.29) is 16.9 Å². The number of nitrogens with zero attached hydrogens (tertiary/aromatic N) is 1. The number of aliphatic hydroxyl groups is 1. The van der Waals surface area contributed by atoms with Gasteiger partial charge in [0.15, 0.2) is 0 Å². The van der Waals surface area contributed by atoms with Crippen LogP contribution in [0, 0.1) is 19.7 Å². The molecule has 33 heavy (non-hydrogen) atoms. The number of ether oxygens (including phenoxy) is 1. The van der Waals surface area contributed by atoms with Crippen molar-refractivity contribution < 1.29 is 23.8 Å². The van der Waals surface area contributed by atoms with E-state index in [1.54, 1.807) is 43.3 Å². The van der Waals surface area contributed by atoms with Crippen LogP contribution in [0.1, 0.15) is 35.2 Å². The summed E-state index contributed by atoms with van der Waals surface area (Å²) in [4.78, 5) is 27.9. The van der Waals surface area contributed by atoms with Crippen molar-refractivity contribution in [3.63, 3.8) is 0 Å². The zero-order chi connectivity index (χ0) is 23.7. The molecule has 1 aliphatic rings. The van der Waals surface area contributed by atoms with Crippen molar-refractivity contribution in [2.45, 2.75) is 26.8 Å². The maximum atomic E-state index is 13.8.